The summed E-state index contributed by atoms with van der Waals surface area (Å²) in [7, 11) is 1.53. The van der Waals surface area contributed by atoms with Gasteiger partial charge in [0.2, 0.25) is 5.91 Å². The molecule has 2 amide bonds. The molecule has 0 spiro atoms. The van der Waals surface area contributed by atoms with Crippen LogP contribution < -0.4 is 10.6 Å². The molecule has 1 aliphatic heterocycles. The largest absolute Gasteiger partial charge is 0.377 e. The number of nitrogens with one attached hydrogen (secondary N) is 2. The van der Waals surface area contributed by atoms with Gasteiger partial charge in [-0.2, -0.15) is 0 Å². The van der Waals surface area contributed by atoms with Crippen LogP contribution in [0.3, 0.4) is 0 Å². The van der Waals surface area contributed by atoms with Crippen molar-refractivity contribution in [1.29, 1.82) is 0 Å². The number of rotatable bonds is 4. The zero-order valence-corrected chi connectivity index (χ0v) is 11.8. The van der Waals surface area contributed by atoms with Gasteiger partial charge in [0.25, 0.3) is 5.91 Å². The van der Waals surface area contributed by atoms with E-state index in [1.165, 1.54) is 13.1 Å². The monoisotopic (exact) mass is 290 g/mol. The molecule has 0 radical (unpaired) electrons. The molecule has 1 aliphatic carbocycles. The second-order valence-corrected chi connectivity index (χ2v) is 5.44. The Morgan fingerprint density at radius 1 is 1.24 bits per heavy atom. The maximum atomic E-state index is 12.3. The Morgan fingerprint density at radius 2 is 2.05 bits per heavy atom. The van der Waals surface area contributed by atoms with E-state index in [-0.39, 0.29) is 29.5 Å². The zero-order valence-electron chi connectivity index (χ0n) is 11.8. The minimum absolute atomic E-state index is 0.0445. The molecule has 0 aromatic carbocycles. The predicted molar refractivity (Wildman–Crippen MR) is 74.6 cm³/mol. The van der Waals surface area contributed by atoms with Crippen LogP contribution in [0.4, 0.5) is 5.82 Å². The molecule has 7 nitrogen and oxygen atoms in total. The summed E-state index contributed by atoms with van der Waals surface area (Å²) in [5, 5.41) is 12.9. The number of carbonyl (C=O) groups is 2. The lowest BCUT2D eigenvalue weighted by atomic mass is 9.97. The van der Waals surface area contributed by atoms with E-state index in [9.17, 15) is 9.59 Å². The summed E-state index contributed by atoms with van der Waals surface area (Å²) in [5.74, 6) is 0.390. The van der Waals surface area contributed by atoms with Crippen LogP contribution in [0, 0.1) is 11.8 Å². The molecular formula is C14H18N4O3. The van der Waals surface area contributed by atoms with Crippen molar-refractivity contribution in [3.63, 3.8) is 0 Å². The molecule has 2 aliphatic rings. The molecule has 3 rings (SSSR count). The first-order valence-electron chi connectivity index (χ1n) is 7.17. The van der Waals surface area contributed by atoms with Crippen LogP contribution in [-0.4, -0.2) is 41.8 Å². The fourth-order valence-electron chi connectivity index (χ4n) is 2.65. The van der Waals surface area contributed by atoms with Crippen LogP contribution in [0.1, 0.15) is 29.8 Å². The quantitative estimate of drug-likeness (QED) is 0.846. The second-order valence-electron chi connectivity index (χ2n) is 5.44. The Balaban J connectivity index is 1.63. The van der Waals surface area contributed by atoms with E-state index < -0.39 is 0 Å². The summed E-state index contributed by atoms with van der Waals surface area (Å²) >= 11 is 0. The van der Waals surface area contributed by atoms with Crippen molar-refractivity contribution in [2.24, 2.45) is 11.8 Å². The first kappa shape index (κ1) is 13.9. The molecule has 1 saturated heterocycles. The highest BCUT2D eigenvalue weighted by Crippen LogP contribution is 2.41. The fraction of sp³-hybridized carbons (Fsp3) is 0.571. The van der Waals surface area contributed by atoms with Gasteiger partial charge in [-0.3, -0.25) is 9.59 Å². The van der Waals surface area contributed by atoms with Crippen LogP contribution in [0.5, 0.6) is 0 Å². The van der Waals surface area contributed by atoms with Crippen molar-refractivity contribution in [2.75, 3.05) is 19.0 Å². The molecule has 2 atom stereocenters. The van der Waals surface area contributed by atoms with Crippen molar-refractivity contribution >= 4 is 17.6 Å². The summed E-state index contributed by atoms with van der Waals surface area (Å²) in [4.78, 5) is 23.7. The molecule has 1 saturated carbocycles. The highest BCUT2D eigenvalue weighted by Gasteiger charge is 2.43. The number of hydrogen-bond donors (Lipinski definition) is 2. The van der Waals surface area contributed by atoms with E-state index in [0.29, 0.717) is 18.3 Å². The summed E-state index contributed by atoms with van der Waals surface area (Å²) in [6.45, 7) is 0.639. The van der Waals surface area contributed by atoms with Gasteiger partial charge in [-0.15, -0.1) is 10.2 Å². The van der Waals surface area contributed by atoms with Gasteiger partial charge >= 0.3 is 0 Å². The fourth-order valence-corrected chi connectivity index (χ4v) is 2.65. The Labute approximate surface area is 122 Å². The Morgan fingerprint density at radius 3 is 2.67 bits per heavy atom. The zero-order chi connectivity index (χ0) is 14.8. The van der Waals surface area contributed by atoms with E-state index in [4.69, 9.17) is 4.74 Å². The summed E-state index contributed by atoms with van der Waals surface area (Å²) in [5.41, 5.74) is 0.218. The van der Waals surface area contributed by atoms with Gasteiger partial charge in [0.05, 0.1) is 12.0 Å². The Kier molecular flexibility index (Phi) is 3.83. The third kappa shape index (κ3) is 3.02. The van der Waals surface area contributed by atoms with Crippen molar-refractivity contribution in [2.45, 2.75) is 25.4 Å². The molecule has 7 heteroatoms. The van der Waals surface area contributed by atoms with Gasteiger partial charge in [-0.25, -0.2) is 0 Å². The third-order valence-corrected chi connectivity index (χ3v) is 3.93. The summed E-state index contributed by atoms with van der Waals surface area (Å²) < 4.78 is 5.66. The van der Waals surface area contributed by atoms with E-state index in [1.54, 1.807) is 6.07 Å². The number of carbonyl (C=O) groups excluding carboxylic acids is 2. The van der Waals surface area contributed by atoms with E-state index >= 15 is 0 Å². The van der Waals surface area contributed by atoms with Crippen LogP contribution in [0.15, 0.2) is 12.1 Å². The number of hydrogen-bond acceptors (Lipinski definition) is 5. The average Bonchev–Trinajstić information content (AvgIpc) is 3.24. The van der Waals surface area contributed by atoms with Gasteiger partial charge in [-0.05, 0) is 37.3 Å². The van der Waals surface area contributed by atoms with Crippen molar-refractivity contribution in [3.05, 3.63) is 17.8 Å². The van der Waals surface area contributed by atoms with Crippen LogP contribution in [0.2, 0.25) is 0 Å². The van der Waals surface area contributed by atoms with Gasteiger partial charge < -0.3 is 15.4 Å². The van der Waals surface area contributed by atoms with Crippen LogP contribution in [0.25, 0.3) is 0 Å². The number of nitrogens with zero attached hydrogens (tertiary/aromatic N) is 2. The highest BCUT2D eigenvalue weighted by molar-refractivity contribution is 5.94. The molecular weight excluding hydrogens is 272 g/mol. The number of anilines is 1. The van der Waals surface area contributed by atoms with Crippen molar-refractivity contribution < 1.29 is 14.3 Å². The molecule has 1 aromatic rings. The topological polar surface area (TPSA) is 93.2 Å². The molecule has 1 aromatic heterocycles. The first-order chi connectivity index (χ1) is 10.2. The Hall–Kier alpha value is -2.02. The number of ether oxygens (including phenoxy) is 1. The summed E-state index contributed by atoms with van der Waals surface area (Å²) in [6.07, 6.45) is 3.09. The van der Waals surface area contributed by atoms with Gasteiger partial charge in [0.1, 0.15) is 0 Å². The van der Waals surface area contributed by atoms with Gasteiger partial charge in [0, 0.05) is 13.7 Å². The first-order valence-corrected chi connectivity index (χ1v) is 7.17. The lowest BCUT2D eigenvalue weighted by Gasteiger charge is -2.17. The van der Waals surface area contributed by atoms with E-state index in [1.807, 2.05) is 0 Å². The standard InChI is InChI=1S/C14H18N4O3/c1-15-14(20)10-4-5-11(18-17-10)16-13(19)9-6-7-21-12(9)8-2-3-8/h4-5,8-9,12H,2-3,6-7H2,1H3,(H,15,20)(H,16,18,19)/t9-,12+/m1/s1. The van der Waals surface area contributed by atoms with Gasteiger partial charge in [-0.1, -0.05) is 0 Å². The Bertz CT molecular complexity index is 542. The van der Waals surface area contributed by atoms with Crippen LogP contribution in [-0.2, 0) is 9.53 Å². The SMILES string of the molecule is CNC(=O)c1ccc(NC(=O)[C@@H]2CCO[C@H]2C2CC2)nn1. The molecule has 0 unspecified atom stereocenters. The normalized spacial score (nSPS) is 24.6. The molecule has 0 bridgehead atoms. The molecule has 2 heterocycles. The molecule has 2 fully saturated rings. The smallest absolute Gasteiger partial charge is 0.271 e. The third-order valence-electron chi connectivity index (χ3n) is 3.93. The average molecular weight is 290 g/mol. The molecule has 21 heavy (non-hydrogen) atoms. The minimum Gasteiger partial charge on any atom is -0.377 e. The highest BCUT2D eigenvalue weighted by atomic mass is 16.5. The lowest BCUT2D eigenvalue weighted by molar-refractivity contribution is -0.121. The predicted octanol–water partition coefficient (Wildman–Crippen LogP) is 0.590. The number of amides is 2. The van der Waals surface area contributed by atoms with Crippen LogP contribution >= 0.6 is 0 Å². The van der Waals surface area contributed by atoms with Gasteiger partial charge in [0.15, 0.2) is 11.5 Å². The second kappa shape index (κ2) is 5.77. The molecule has 2 N–H and O–H groups in total. The number of aromatic nitrogens is 2. The van der Waals surface area contributed by atoms with Crippen molar-refractivity contribution in [1.82, 2.24) is 15.5 Å². The van der Waals surface area contributed by atoms with E-state index in [2.05, 4.69) is 20.8 Å². The summed E-state index contributed by atoms with van der Waals surface area (Å²) in [6, 6.07) is 3.11. The minimum atomic E-state index is -0.307. The maximum absolute atomic E-state index is 12.3. The lowest BCUT2D eigenvalue weighted by Crippen LogP contribution is -2.31. The van der Waals surface area contributed by atoms with E-state index in [0.717, 1.165) is 19.3 Å². The molecule has 112 valence electrons. The maximum Gasteiger partial charge on any atom is 0.271 e. The van der Waals surface area contributed by atoms with Crippen molar-refractivity contribution in [3.8, 4) is 0 Å².